The number of aromatic nitrogens is 2. The summed E-state index contributed by atoms with van der Waals surface area (Å²) in [7, 11) is 0. The molecule has 1 N–H and O–H groups in total. The van der Waals surface area contributed by atoms with Crippen molar-refractivity contribution in [3.8, 4) is 0 Å². The van der Waals surface area contributed by atoms with E-state index in [1.807, 2.05) is 0 Å². The molecule has 0 aromatic carbocycles. The molecule has 1 rings (SSSR count). The monoisotopic (exact) mass is 188 g/mol. The van der Waals surface area contributed by atoms with Crippen molar-refractivity contribution in [1.29, 1.82) is 0 Å². The molecule has 0 aliphatic carbocycles. The van der Waals surface area contributed by atoms with Gasteiger partial charge in [0.25, 0.3) is 5.22 Å². The van der Waals surface area contributed by atoms with Gasteiger partial charge in [-0.15, -0.1) is 10.2 Å². The van der Waals surface area contributed by atoms with Crippen molar-refractivity contribution >= 4 is 11.8 Å². The third-order valence-electron chi connectivity index (χ3n) is 1.27. The molecule has 1 heterocycles. The lowest BCUT2D eigenvalue weighted by Gasteiger charge is -1.99. The standard InChI is InChI=1S/C7H12N2O2S/c1-5(10)3-4-12-7-9-8-6(2)11-7/h5,10H,3-4H2,1-2H3. The maximum atomic E-state index is 8.96. The Morgan fingerprint density at radius 3 is 2.83 bits per heavy atom. The highest BCUT2D eigenvalue weighted by atomic mass is 32.2. The normalized spacial score (nSPS) is 13.2. The third kappa shape index (κ3) is 3.23. The number of aryl methyl sites for hydroxylation is 1. The highest BCUT2D eigenvalue weighted by molar-refractivity contribution is 7.99. The molecule has 5 heteroatoms. The summed E-state index contributed by atoms with van der Waals surface area (Å²) >= 11 is 1.47. The minimum Gasteiger partial charge on any atom is -0.416 e. The van der Waals surface area contributed by atoms with Gasteiger partial charge in [0.2, 0.25) is 5.89 Å². The topological polar surface area (TPSA) is 59.2 Å². The zero-order chi connectivity index (χ0) is 8.97. The molecule has 1 atom stereocenters. The lowest BCUT2D eigenvalue weighted by molar-refractivity contribution is 0.192. The van der Waals surface area contributed by atoms with Crippen molar-refractivity contribution < 1.29 is 9.52 Å². The number of aliphatic hydroxyl groups excluding tert-OH is 1. The summed E-state index contributed by atoms with van der Waals surface area (Å²) in [4.78, 5) is 0. The first-order chi connectivity index (χ1) is 5.68. The van der Waals surface area contributed by atoms with Crippen LogP contribution < -0.4 is 0 Å². The molecule has 0 fully saturated rings. The third-order valence-corrected chi connectivity index (χ3v) is 2.12. The summed E-state index contributed by atoms with van der Waals surface area (Å²) in [5, 5.41) is 17.0. The summed E-state index contributed by atoms with van der Waals surface area (Å²) in [5.41, 5.74) is 0. The van der Waals surface area contributed by atoms with Crippen LogP contribution in [0.3, 0.4) is 0 Å². The molecule has 0 amide bonds. The predicted octanol–water partition coefficient (Wildman–Crippen LogP) is 1.24. The number of aliphatic hydroxyl groups is 1. The Morgan fingerprint density at radius 2 is 2.33 bits per heavy atom. The van der Waals surface area contributed by atoms with Gasteiger partial charge in [-0.3, -0.25) is 0 Å². The highest BCUT2D eigenvalue weighted by Crippen LogP contribution is 2.16. The van der Waals surface area contributed by atoms with Crippen LogP contribution in [0, 0.1) is 6.92 Å². The Labute approximate surface area is 75.4 Å². The molecular weight excluding hydrogens is 176 g/mol. The van der Waals surface area contributed by atoms with Gasteiger partial charge < -0.3 is 9.52 Å². The van der Waals surface area contributed by atoms with Crippen molar-refractivity contribution in [3.63, 3.8) is 0 Å². The van der Waals surface area contributed by atoms with Crippen LogP contribution in [0.25, 0.3) is 0 Å². The molecule has 0 aliphatic heterocycles. The first kappa shape index (κ1) is 9.54. The first-order valence-electron chi connectivity index (χ1n) is 3.79. The maximum Gasteiger partial charge on any atom is 0.276 e. The van der Waals surface area contributed by atoms with E-state index in [0.717, 1.165) is 12.2 Å². The van der Waals surface area contributed by atoms with Crippen molar-refractivity contribution in [2.75, 3.05) is 5.75 Å². The van der Waals surface area contributed by atoms with Gasteiger partial charge in [0.1, 0.15) is 0 Å². The largest absolute Gasteiger partial charge is 0.416 e. The second kappa shape index (κ2) is 4.47. The number of hydrogen-bond acceptors (Lipinski definition) is 5. The molecular formula is C7H12N2O2S. The van der Waals surface area contributed by atoms with Crippen LogP contribution in [0.15, 0.2) is 9.64 Å². The molecule has 1 aromatic heterocycles. The molecule has 1 unspecified atom stereocenters. The molecule has 0 saturated heterocycles. The minimum absolute atomic E-state index is 0.262. The van der Waals surface area contributed by atoms with E-state index in [4.69, 9.17) is 9.52 Å². The Balaban J connectivity index is 2.24. The van der Waals surface area contributed by atoms with E-state index < -0.39 is 0 Å². The Hall–Kier alpha value is -0.550. The molecule has 0 bridgehead atoms. The van der Waals surface area contributed by atoms with Gasteiger partial charge in [0.15, 0.2) is 0 Å². The molecule has 68 valence electrons. The summed E-state index contributed by atoms with van der Waals surface area (Å²) in [5.74, 6) is 1.38. The van der Waals surface area contributed by atoms with E-state index in [1.54, 1.807) is 13.8 Å². The minimum atomic E-state index is -0.262. The Kier molecular flexibility index (Phi) is 3.55. The van der Waals surface area contributed by atoms with Crippen LogP contribution in [0.1, 0.15) is 19.2 Å². The highest BCUT2D eigenvalue weighted by Gasteiger charge is 2.03. The van der Waals surface area contributed by atoms with Gasteiger partial charge in [0.05, 0.1) is 6.10 Å². The summed E-state index contributed by atoms with van der Waals surface area (Å²) in [6, 6.07) is 0. The van der Waals surface area contributed by atoms with E-state index in [9.17, 15) is 0 Å². The fourth-order valence-electron chi connectivity index (χ4n) is 0.654. The molecule has 4 nitrogen and oxygen atoms in total. The van der Waals surface area contributed by atoms with Crippen molar-refractivity contribution in [1.82, 2.24) is 10.2 Å². The van der Waals surface area contributed by atoms with E-state index >= 15 is 0 Å². The lowest BCUT2D eigenvalue weighted by atomic mass is 10.3. The number of nitrogens with zero attached hydrogens (tertiary/aromatic N) is 2. The molecule has 0 aliphatic rings. The molecule has 12 heavy (non-hydrogen) atoms. The summed E-state index contributed by atoms with van der Waals surface area (Å²) in [6.07, 6.45) is 0.480. The molecule has 1 aromatic rings. The van der Waals surface area contributed by atoms with Crippen molar-refractivity contribution in [2.24, 2.45) is 0 Å². The zero-order valence-corrected chi connectivity index (χ0v) is 7.97. The van der Waals surface area contributed by atoms with Crippen LogP contribution in [0.4, 0.5) is 0 Å². The van der Waals surface area contributed by atoms with Crippen molar-refractivity contribution in [2.45, 2.75) is 31.6 Å². The van der Waals surface area contributed by atoms with Crippen LogP contribution in [-0.4, -0.2) is 27.2 Å². The quantitative estimate of drug-likeness (QED) is 0.720. The molecule has 0 radical (unpaired) electrons. The molecule has 0 spiro atoms. The van der Waals surface area contributed by atoms with E-state index in [2.05, 4.69) is 10.2 Å². The second-order valence-electron chi connectivity index (χ2n) is 2.57. The van der Waals surface area contributed by atoms with E-state index in [0.29, 0.717) is 11.1 Å². The van der Waals surface area contributed by atoms with Gasteiger partial charge in [-0.05, 0) is 13.3 Å². The fraction of sp³-hybridized carbons (Fsp3) is 0.714. The molecule has 0 saturated carbocycles. The summed E-state index contributed by atoms with van der Waals surface area (Å²) in [6.45, 7) is 3.52. The van der Waals surface area contributed by atoms with E-state index in [1.165, 1.54) is 11.8 Å². The SMILES string of the molecule is Cc1nnc(SCCC(C)O)o1. The van der Waals surface area contributed by atoms with Gasteiger partial charge in [-0.25, -0.2) is 0 Å². The van der Waals surface area contributed by atoms with Gasteiger partial charge in [0, 0.05) is 12.7 Å². The van der Waals surface area contributed by atoms with Crippen LogP contribution in [0.5, 0.6) is 0 Å². The predicted molar refractivity (Wildman–Crippen MR) is 46.1 cm³/mol. The average Bonchev–Trinajstić information content (AvgIpc) is 2.35. The Bertz CT molecular complexity index is 237. The zero-order valence-electron chi connectivity index (χ0n) is 7.15. The summed E-state index contributed by atoms with van der Waals surface area (Å²) < 4.78 is 5.12. The van der Waals surface area contributed by atoms with Crippen LogP contribution in [-0.2, 0) is 0 Å². The van der Waals surface area contributed by atoms with Crippen LogP contribution in [0.2, 0.25) is 0 Å². The smallest absolute Gasteiger partial charge is 0.276 e. The second-order valence-corrected chi connectivity index (χ2v) is 3.62. The first-order valence-corrected chi connectivity index (χ1v) is 4.78. The Morgan fingerprint density at radius 1 is 1.58 bits per heavy atom. The average molecular weight is 188 g/mol. The van der Waals surface area contributed by atoms with Crippen molar-refractivity contribution in [3.05, 3.63) is 5.89 Å². The van der Waals surface area contributed by atoms with Crippen LogP contribution >= 0.6 is 11.8 Å². The fourth-order valence-corrected chi connectivity index (χ4v) is 1.57. The van der Waals surface area contributed by atoms with Gasteiger partial charge in [-0.1, -0.05) is 11.8 Å². The maximum absolute atomic E-state index is 8.96. The van der Waals surface area contributed by atoms with E-state index in [-0.39, 0.29) is 6.10 Å². The number of thioether (sulfide) groups is 1. The lowest BCUT2D eigenvalue weighted by Crippen LogP contribution is -2.00. The van der Waals surface area contributed by atoms with Gasteiger partial charge in [-0.2, -0.15) is 0 Å². The van der Waals surface area contributed by atoms with Gasteiger partial charge >= 0.3 is 0 Å². The number of rotatable bonds is 4. The number of hydrogen-bond donors (Lipinski definition) is 1.